The molecule has 26 heavy (non-hydrogen) atoms. The van der Waals surface area contributed by atoms with E-state index in [9.17, 15) is 14.4 Å². The molecule has 9 heteroatoms. The van der Waals surface area contributed by atoms with Crippen LogP contribution in [0.15, 0.2) is 17.0 Å². The van der Waals surface area contributed by atoms with E-state index in [-0.39, 0.29) is 18.3 Å². The van der Waals surface area contributed by atoms with Crippen LogP contribution in [0.2, 0.25) is 0 Å². The van der Waals surface area contributed by atoms with Gasteiger partial charge in [0.25, 0.3) is 11.1 Å². The number of fused-ring (bicyclic) bond motifs is 1. The third kappa shape index (κ3) is 3.62. The Hall–Kier alpha value is -2.68. The second-order valence-corrected chi connectivity index (χ2v) is 6.24. The van der Waals surface area contributed by atoms with E-state index in [1.165, 1.54) is 0 Å². The van der Waals surface area contributed by atoms with Crippen molar-refractivity contribution in [2.75, 3.05) is 26.6 Å². The first-order valence-corrected chi connectivity index (χ1v) is 8.82. The smallest absolute Gasteiger partial charge is 0.326 e. The monoisotopic (exact) mass is 379 g/mol. The van der Waals surface area contributed by atoms with E-state index in [1.807, 2.05) is 6.92 Å². The molecular weight excluding hydrogens is 362 g/mol. The van der Waals surface area contributed by atoms with E-state index in [2.05, 4.69) is 0 Å². The fourth-order valence-corrected chi connectivity index (χ4v) is 3.27. The van der Waals surface area contributed by atoms with Gasteiger partial charge in [-0.1, -0.05) is 0 Å². The van der Waals surface area contributed by atoms with Gasteiger partial charge in [-0.25, -0.2) is 0 Å². The topological polar surface area (TPSA) is 91.4 Å². The van der Waals surface area contributed by atoms with Gasteiger partial charge >= 0.3 is 5.97 Å². The first kappa shape index (κ1) is 18.1. The lowest BCUT2D eigenvalue weighted by atomic mass is 10.1. The normalized spacial score (nSPS) is 17.2. The van der Waals surface area contributed by atoms with Gasteiger partial charge in [0.05, 0.1) is 18.1 Å². The fraction of sp³-hybridized carbons (Fsp3) is 0.353. The summed E-state index contributed by atoms with van der Waals surface area (Å²) >= 11 is 0.760. The number of thioether (sulfide) groups is 1. The van der Waals surface area contributed by atoms with Crippen LogP contribution in [-0.4, -0.2) is 48.6 Å². The van der Waals surface area contributed by atoms with Crippen molar-refractivity contribution in [2.24, 2.45) is 0 Å². The highest BCUT2D eigenvalue weighted by Gasteiger charge is 2.37. The van der Waals surface area contributed by atoms with E-state index < -0.39 is 23.7 Å². The van der Waals surface area contributed by atoms with Crippen molar-refractivity contribution in [3.8, 4) is 17.2 Å². The summed E-state index contributed by atoms with van der Waals surface area (Å²) in [5.74, 6) is 0.419. The van der Waals surface area contributed by atoms with Crippen LogP contribution in [-0.2, 0) is 14.3 Å². The summed E-state index contributed by atoms with van der Waals surface area (Å²) in [6, 6.07) is 3.37. The zero-order valence-electron chi connectivity index (χ0n) is 14.3. The van der Waals surface area contributed by atoms with E-state index in [1.54, 1.807) is 25.1 Å². The summed E-state index contributed by atoms with van der Waals surface area (Å²) < 4.78 is 21.0. The maximum atomic E-state index is 12.5. The molecule has 1 aromatic carbocycles. The van der Waals surface area contributed by atoms with Crippen molar-refractivity contribution in [1.29, 1.82) is 0 Å². The second kappa shape index (κ2) is 7.69. The van der Waals surface area contributed by atoms with Crippen LogP contribution in [0.4, 0.5) is 4.79 Å². The lowest BCUT2D eigenvalue weighted by molar-refractivity contribution is -0.145. The van der Waals surface area contributed by atoms with Crippen LogP contribution in [0.5, 0.6) is 17.2 Å². The Morgan fingerprint density at radius 2 is 1.96 bits per heavy atom. The molecule has 2 aliphatic rings. The van der Waals surface area contributed by atoms with Crippen LogP contribution >= 0.6 is 11.8 Å². The molecule has 1 saturated heterocycles. The van der Waals surface area contributed by atoms with Crippen molar-refractivity contribution in [2.45, 2.75) is 13.8 Å². The molecule has 1 aromatic rings. The maximum Gasteiger partial charge on any atom is 0.326 e. The summed E-state index contributed by atoms with van der Waals surface area (Å²) in [5, 5.41) is -0.520. The lowest BCUT2D eigenvalue weighted by Gasteiger charge is -2.11. The van der Waals surface area contributed by atoms with Gasteiger partial charge in [0.1, 0.15) is 12.3 Å². The average Bonchev–Trinajstić information content (AvgIpc) is 3.15. The number of benzene rings is 1. The number of carbonyl (C=O) groups excluding carboxylic acids is 3. The molecule has 0 saturated carbocycles. The number of hydrogen-bond acceptors (Lipinski definition) is 8. The Bertz CT molecular complexity index is 790. The van der Waals surface area contributed by atoms with Crippen molar-refractivity contribution >= 4 is 35.0 Å². The Morgan fingerprint density at radius 1 is 1.23 bits per heavy atom. The average molecular weight is 379 g/mol. The van der Waals surface area contributed by atoms with Gasteiger partial charge in [0, 0.05) is 11.6 Å². The molecule has 0 aliphatic carbocycles. The molecule has 0 bridgehead atoms. The lowest BCUT2D eigenvalue weighted by Crippen LogP contribution is -2.34. The highest BCUT2D eigenvalue weighted by atomic mass is 32.2. The van der Waals surface area contributed by atoms with Gasteiger partial charge in [-0.2, -0.15) is 0 Å². The number of rotatable bonds is 6. The molecule has 1 fully saturated rings. The molecule has 0 N–H and O–H groups in total. The minimum Gasteiger partial charge on any atom is -0.493 e. The zero-order chi connectivity index (χ0) is 18.7. The molecule has 2 heterocycles. The van der Waals surface area contributed by atoms with E-state index in [0.29, 0.717) is 29.4 Å². The first-order valence-electron chi connectivity index (χ1n) is 8.01. The summed E-state index contributed by atoms with van der Waals surface area (Å²) in [6.45, 7) is 3.79. The van der Waals surface area contributed by atoms with Gasteiger partial charge in [-0.05, 0) is 37.8 Å². The molecule has 0 radical (unpaired) electrons. The number of ether oxygens (including phenoxy) is 4. The van der Waals surface area contributed by atoms with Crippen LogP contribution in [0.1, 0.15) is 19.4 Å². The number of carbonyl (C=O) groups is 3. The summed E-state index contributed by atoms with van der Waals surface area (Å²) in [4.78, 5) is 37.2. The van der Waals surface area contributed by atoms with Crippen molar-refractivity contribution in [3.63, 3.8) is 0 Å². The predicted molar refractivity (Wildman–Crippen MR) is 93.0 cm³/mol. The number of imide groups is 1. The number of esters is 1. The molecule has 0 spiro atoms. The van der Waals surface area contributed by atoms with Crippen LogP contribution in [0.3, 0.4) is 0 Å². The summed E-state index contributed by atoms with van der Waals surface area (Å²) in [6.07, 6.45) is 1.54. The van der Waals surface area contributed by atoms with E-state index in [0.717, 1.165) is 16.7 Å². The fourth-order valence-electron chi connectivity index (χ4n) is 2.45. The van der Waals surface area contributed by atoms with Gasteiger partial charge in [0.2, 0.25) is 6.79 Å². The van der Waals surface area contributed by atoms with Gasteiger partial charge in [-0.3, -0.25) is 19.3 Å². The van der Waals surface area contributed by atoms with Gasteiger partial charge in [0.15, 0.2) is 11.5 Å². The SMILES string of the molecule is CCOC(=O)CN1C(=O)S/C(=C\c2cc3c(cc2OCC)OCO3)C1=O. The molecule has 8 nitrogen and oxygen atoms in total. The van der Waals surface area contributed by atoms with Crippen molar-refractivity contribution < 1.29 is 33.3 Å². The standard InChI is InChI=1S/C17H17NO7S/c1-3-22-11-7-13-12(24-9-25-13)5-10(11)6-14-16(20)18(17(21)26-14)8-15(19)23-4-2/h5-7H,3-4,8-9H2,1-2H3/b14-6-. The third-order valence-corrected chi connectivity index (χ3v) is 4.46. The molecule has 3 rings (SSSR count). The minimum absolute atomic E-state index is 0.112. The van der Waals surface area contributed by atoms with Crippen molar-refractivity contribution in [3.05, 3.63) is 22.6 Å². The summed E-state index contributed by atoms with van der Waals surface area (Å²) in [5.41, 5.74) is 0.581. The largest absolute Gasteiger partial charge is 0.493 e. The minimum atomic E-state index is -0.630. The van der Waals surface area contributed by atoms with Crippen LogP contribution in [0.25, 0.3) is 6.08 Å². The molecule has 2 amide bonds. The highest BCUT2D eigenvalue weighted by Crippen LogP contribution is 2.41. The van der Waals surface area contributed by atoms with Crippen LogP contribution in [0, 0.1) is 0 Å². The molecule has 0 atom stereocenters. The number of hydrogen-bond donors (Lipinski definition) is 0. The van der Waals surface area contributed by atoms with Gasteiger partial charge in [-0.15, -0.1) is 0 Å². The Morgan fingerprint density at radius 3 is 2.65 bits per heavy atom. The predicted octanol–water partition coefficient (Wildman–Crippen LogP) is 2.41. The first-order chi connectivity index (χ1) is 12.5. The molecule has 2 aliphatic heterocycles. The highest BCUT2D eigenvalue weighted by molar-refractivity contribution is 8.18. The van der Waals surface area contributed by atoms with E-state index in [4.69, 9.17) is 18.9 Å². The van der Waals surface area contributed by atoms with E-state index >= 15 is 0 Å². The molecular formula is C17H17NO7S. The quantitative estimate of drug-likeness (QED) is 0.550. The molecule has 0 unspecified atom stereocenters. The van der Waals surface area contributed by atoms with Gasteiger partial charge < -0.3 is 18.9 Å². The van der Waals surface area contributed by atoms with Crippen molar-refractivity contribution in [1.82, 2.24) is 4.90 Å². The zero-order valence-corrected chi connectivity index (χ0v) is 15.1. The molecule has 0 aromatic heterocycles. The third-order valence-electron chi connectivity index (χ3n) is 3.56. The Kier molecular flexibility index (Phi) is 5.36. The summed E-state index contributed by atoms with van der Waals surface area (Å²) in [7, 11) is 0. The number of nitrogens with zero attached hydrogens (tertiary/aromatic N) is 1. The Labute approximate surface area is 154 Å². The Balaban J connectivity index is 1.87. The molecule has 138 valence electrons. The maximum absolute atomic E-state index is 12.5. The second-order valence-electron chi connectivity index (χ2n) is 5.25. The van der Waals surface area contributed by atoms with Crippen LogP contribution < -0.4 is 14.2 Å². The number of amides is 2.